The number of likely N-dealkylation sites (N-methyl/N-ethyl adjacent to an activating group) is 1. The Kier molecular flexibility index (Phi) is 5.63. The predicted molar refractivity (Wildman–Crippen MR) is 111 cm³/mol. The second-order valence-electron chi connectivity index (χ2n) is 7.18. The Balaban J connectivity index is 1.35. The normalized spacial score (nSPS) is 20.5. The second kappa shape index (κ2) is 8.35. The van der Waals surface area contributed by atoms with Gasteiger partial charge in [0, 0.05) is 6.54 Å². The van der Waals surface area contributed by atoms with Gasteiger partial charge in [-0.2, -0.15) is 0 Å². The van der Waals surface area contributed by atoms with Crippen LogP contribution in [0.25, 0.3) is 10.2 Å². The fourth-order valence-electron chi connectivity index (χ4n) is 3.81. The highest BCUT2D eigenvalue weighted by atomic mass is 32.1. The minimum Gasteiger partial charge on any atom is -0.454 e. The summed E-state index contributed by atoms with van der Waals surface area (Å²) in [5, 5.41) is 0.529. The molecule has 1 aliphatic carbocycles. The maximum atomic E-state index is 12.6. The van der Waals surface area contributed by atoms with E-state index in [4.69, 9.17) is 4.74 Å². The number of esters is 1. The largest absolute Gasteiger partial charge is 0.454 e. The van der Waals surface area contributed by atoms with Crippen molar-refractivity contribution in [3.8, 4) is 0 Å². The standard InChI is InChI=1S/C21H21N3O5S/c1-2-23(21-22-15-9-5-6-10-16(15)30-21)17(25)12-29-18(26)11-24-19(27)13-7-3-4-8-14(13)20(24)28/h3-6,9-10,13-14H,2,7-8,11-12H2,1H3. The van der Waals surface area contributed by atoms with Crippen LogP contribution in [-0.4, -0.2) is 53.3 Å². The van der Waals surface area contributed by atoms with E-state index in [0.29, 0.717) is 24.5 Å². The number of amides is 3. The van der Waals surface area contributed by atoms with Gasteiger partial charge in [-0.15, -0.1) is 0 Å². The average Bonchev–Trinajstić information content (AvgIpc) is 3.28. The summed E-state index contributed by atoms with van der Waals surface area (Å²) in [4.78, 5) is 56.5. The molecule has 8 nitrogen and oxygen atoms in total. The summed E-state index contributed by atoms with van der Waals surface area (Å²) in [5.74, 6) is -2.68. The number of nitrogens with zero attached hydrogens (tertiary/aromatic N) is 3. The summed E-state index contributed by atoms with van der Waals surface area (Å²) >= 11 is 1.38. The lowest BCUT2D eigenvalue weighted by atomic mass is 9.85. The van der Waals surface area contributed by atoms with Crippen LogP contribution in [-0.2, 0) is 23.9 Å². The molecule has 0 spiro atoms. The van der Waals surface area contributed by atoms with Gasteiger partial charge < -0.3 is 4.74 Å². The molecule has 2 heterocycles. The summed E-state index contributed by atoms with van der Waals surface area (Å²) < 4.78 is 6.04. The highest BCUT2D eigenvalue weighted by Gasteiger charge is 2.47. The maximum absolute atomic E-state index is 12.6. The van der Waals surface area contributed by atoms with Gasteiger partial charge in [-0.05, 0) is 31.9 Å². The number of imide groups is 1. The van der Waals surface area contributed by atoms with Crippen molar-refractivity contribution in [2.24, 2.45) is 11.8 Å². The van der Waals surface area contributed by atoms with Crippen molar-refractivity contribution in [2.75, 3.05) is 24.6 Å². The number of carbonyl (C=O) groups excluding carboxylic acids is 4. The van der Waals surface area contributed by atoms with Crippen LogP contribution in [0.4, 0.5) is 5.13 Å². The molecule has 1 aromatic heterocycles. The third kappa shape index (κ3) is 3.72. The van der Waals surface area contributed by atoms with Crippen molar-refractivity contribution in [1.29, 1.82) is 0 Å². The van der Waals surface area contributed by atoms with Crippen molar-refractivity contribution in [1.82, 2.24) is 9.88 Å². The average molecular weight is 427 g/mol. The quantitative estimate of drug-likeness (QED) is 0.398. The summed E-state index contributed by atoms with van der Waals surface area (Å²) in [6.07, 6.45) is 4.78. The highest BCUT2D eigenvalue weighted by Crippen LogP contribution is 2.35. The molecule has 156 valence electrons. The van der Waals surface area contributed by atoms with Crippen LogP contribution in [0.15, 0.2) is 36.4 Å². The fraction of sp³-hybridized carbons (Fsp3) is 0.381. The summed E-state index contributed by atoms with van der Waals surface area (Å²) in [6, 6.07) is 7.56. The first-order valence-corrected chi connectivity index (χ1v) is 10.6. The molecule has 2 aromatic rings. The van der Waals surface area contributed by atoms with Gasteiger partial charge in [0.1, 0.15) is 6.54 Å². The number of carbonyl (C=O) groups is 4. The first-order chi connectivity index (χ1) is 14.5. The van der Waals surface area contributed by atoms with Crippen LogP contribution >= 0.6 is 11.3 Å². The number of hydrogen-bond acceptors (Lipinski definition) is 7. The van der Waals surface area contributed by atoms with Crippen LogP contribution in [0, 0.1) is 11.8 Å². The minimum atomic E-state index is -0.781. The zero-order valence-corrected chi connectivity index (χ0v) is 17.3. The van der Waals surface area contributed by atoms with E-state index < -0.39 is 36.9 Å². The lowest BCUT2D eigenvalue weighted by Crippen LogP contribution is -2.39. The summed E-state index contributed by atoms with van der Waals surface area (Å²) in [7, 11) is 0. The van der Waals surface area contributed by atoms with Crippen molar-refractivity contribution in [2.45, 2.75) is 19.8 Å². The Hall–Kier alpha value is -3.07. The van der Waals surface area contributed by atoms with E-state index in [9.17, 15) is 19.2 Å². The van der Waals surface area contributed by atoms with E-state index in [1.807, 2.05) is 43.3 Å². The number of anilines is 1. The Morgan fingerprint density at radius 1 is 1.17 bits per heavy atom. The van der Waals surface area contributed by atoms with Crippen LogP contribution < -0.4 is 4.90 Å². The third-order valence-electron chi connectivity index (χ3n) is 5.37. The molecule has 30 heavy (non-hydrogen) atoms. The molecule has 1 aliphatic heterocycles. The topological polar surface area (TPSA) is 96.9 Å². The molecule has 9 heteroatoms. The molecule has 0 bridgehead atoms. The molecule has 1 saturated heterocycles. The monoisotopic (exact) mass is 427 g/mol. The van der Waals surface area contributed by atoms with Crippen LogP contribution in [0.2, 0.25) is 0 Å². The van der Waals surface area contributed by atoms with E-state index in [1.165, 1.54) is 16.2 Å². The van der Waals surface area contributed by atoms with E-state index in [-0.39, 0.29) is 11.8 Å². The van der Waals surface area contributed by atoms with E-state index in [1.54, 1.807) is 0 Å². The zero-order valence-electron chi connectivity index (χ0n) is 16.4. The van der Waals surface area contributed by atoms with Gasteiger partial charge in [0.2, 0.25) is 11.8 Å². The molecule has 0 radical (unpaired) electrons. The molecule has 0 saturated carbocycles. The molecular formula is C21H21N3O5S. The van der Waals surface area contributed by atoms with Crippen molar-refractivity contribution >= 4 is 50.4 Å². The third-order valence-corrected chi connectivity index (χ3v) is 6.43. The number of likely N-dealkylation sites (tertiary alicyclic amines) is 1. The number of benzene rings is 1. The smallest absolute Gasteiger partial charge is 0.326 e. The summed E-state index contributed by atoms with van der Waals surface area (Å²) in [5.41, 5.74) is 0.794. The predicted octanol–water partition coefficient (Wildman–Crippen LogP) is 2.14. The van der Waals surface area contributed by atoms with Gasteiger partial charge in [-0.25, -0.2) is 4.98 Å². The number of rotatable bonds is 6. The highest BCUT2D eigenvalue weighted by molar-refractivity contribution is 7.22. The SMILES string of the molecule is CCN(C(=O)COC(=O)CN1C(=O)C2CC=CCC2C1=O)c1nc2ccccc2s1. The Labute approximate surface area is 177 Å². The number of hydrogen-bond donors (Lipinski definition) is 0. The molecule has 2 aliphatic rings. The minimum absolute atomic E-state index is 0.345. The number of fused-ring (bicyclic) bond motifs is 2. The molecule has 4 rings (SSSR count). The molecule has 1 aromatic carbocycles. The Morgan fingerprint density at radius 3 is 2.47 bits per heavy atom. The number of ether oxygens (including phenoxy) is 1. The zero-order chi connectivity index (χ0) is 21.3. The number of aromatic nitrogens is 1. The van der Waals surface area contributed by atoms with Crippen LogP contribution in [0.1, 0.15) is 19.8 Å². The maximum Gasteiger partial charge on any atom is 0.326 e. The van der Waals surface area contributed by atoms with E-state index in [2.05, 4.69) is 4.98 Å². The van der Waals surface area contributed by atoms with Gasteiger partial charge >= 0.3 is 5.97 Å². The first kappa shape index (κ1) is 20.2. The Morgan fingerprint density at radius 2 is 1.83 bits per heavy atom. The molecule has 0 N–H and O–H groups in total. The number of thiazole rings is 1. The molecule has 2 atom stereocenters. The van der Waals surface area contributed by atoms with Crippen molar-refractivity contribution < 1.29 is 23.9 Å². The molecule has 2 unspecified atom stereocenters. The van der Waals surface area contributed by atoms with E-state index >= 15 is 0 Å². The van der Waals surface area contributed by atoms with Gasteiger partial charge in [0.05, 0.1) is 22.1 Å². The lowest BCUT2D eigenvalue weighted by molar-refractivity contribution is -0.154. The van der Waals surface area contributed by atoms with Gasteiger partial charge in [-0.3, -0.25) is 29.0 Å². The van der Waals surface area contributed by atoms with Gasteiger partial charge in [-0.1, -0.05) is 35.6 Å². The second-order valence-corrected chi connectivity index (χ2v) is 8.19. The van der Waals surface area contributed by atoms with Crippen LogP contribution in [0.5, 0.6) is 0 Å². The summed E-state index contributed by atoms with van der Waals surface area (Å²) in [6.45, 7) is 1.23. The first-order valence-electron chi connectivity index (χ1n) is 9.81. The van der Waals surface area contributed by atoms with Crippen molar-refractivity contribution in [3.63, 3.8) is 0 Å². The molecule has 1 fully saturated rings. The fourth-order valence-corrected chi connectivity index (χ4v) is 4.86. The Bertz CT molecular complexity index is 987. The number of allylic oxidation sites excluding steroid dienone is 2. The van der Waals surface area contributed by atoms with E-state index in [0.717, 1.165) is 15.1 Å². The van der Waals surface area contributed by atoms with Crippen molar-refractivity contribution in [3.05, 3.63) is 36.4 Å². The lowest BCUT2D eigenvalue weighted by Gasteiger charge is -2.18. The molecular weight excluding hydrogens is 406 g/mol. The number of para-hydroxylation sites is 1. The van der Waals surface area contributed by atoms with Gasteiger partial charge in [0.15, 0.2) is 11.7 Å². The molecule has 3 amide bonds. The van der Waals surface area contributed by atoms with Crippen LogP contribution in [0.3, 0.4) is 0 Å². The van der Waals surface area contributed by atoms with Gasteiger partial charge in [0.25, 0.3) is 5.91 Å².